The second kappa shape index (κ2) is 6.87. The molecule has 0 amide bonds. The van der Waals surface area contributed by atoms with E-state index in [-0.39, 0.29) is 5.78 Å². The summed E-state index contributed by atoms with van der Waals surface area (Å²) in [5.74, 6) is -0.497. The predicted molar refractivity (Wildman–Crippen MR) is 82.1 cm³/mol. The van der Waals surface area contributed by atoms with Crippen LogP contribution in [-0.2, 0) is 14.2 Å². The van der Waals surface area contributed by atoms with Gasteiger partial charge in [-0.3, -0.25) is 4.79 Å². The number of Topliss-reactive ketones (excluding diaryl/α,β-unsaturated/α-hetero) is 1. The normalized spacial score (nSPS) is 19.6. The van der Waals surface area contributed by atoms with Crippen molar-refractivity contribution in [1.29, 1.82) is 0 Å². The number of benzene rings is 1. The molecule has 5 nitrogen and oxygen atoms in total. The molecule has 0 heterocycles. The molecule has 1 aliphatic rings. The van der Waals surface area contributed by atoms with E-state index in [0.29, 0.717) is 16.9 Å². The second-order valence-electron chi connectivity index (χ2n) is 4.80. The highest BCUT2D eigenvalue weighted by Crippen LogP contribution is 2.29. The van der Waals surface area contributed by atoms with Gasteiger partial charge in [-0.2, -0.15) is 0 Å². The topological polar surface area (TPSA) is 54.0 Å². The third-order valence-electron chi connectivity index (χ3n) is 3.71. The van der Waals surface area contributed by atoms with E-state index in [4.69, 9.17) is 18.9 Å². The SMILES string of the molecule is COc1cccc(C(=O)C2=CC(OC)C(OC)(OC)C=C2)c1. The molecule has 2 rings (SSSR count). The molecule has 22 heavy (non-hydrogen) atoms. The molecule has 1 aromatic carbocycles. The van der Waals surface area contributed by atoms with Gasteiger partial charge < -0.3 is 18.9 Å². The summed E-state index contributed by atoms with van der Waals surface area (Å²) in [6.45, 7) is 0. The van der Waals surface area contributed by atoms with Gasteiger partial charge in [-0.05, 0) is 30.4 Å². The molecule has 0 spiro atoms. The Kier molecular flexibility index (Phi) is 5.13. The fraction of sp³-hybridized carbons (Fsp3) is 0.353. The molecule has 0 fully saturated rings. The summed E-state index contributed by atoms with van der Waals surface area (Å²) in [5.41, 5.74) is 1.07. The Morgan fingerprint density at radius 3 is 2.45 bits per heavy atom. The van der Waals surface area contributed by atoms with Crippen LogP contribution < -0.4 is 4.74 Å². The van der Waals surface area contributed by atoms with Crippen molar-refractivity contribution in [1.82, 2.24) is 0 Å². The summed E-state index contributed by atoms with van der Waals surface area (Å²) in [4.78, 5) is 12.6. The first-order valence-corrected chi connectivity index (χ1v) is 6.83. The van der Waals surface area contributed by atoms with E-state index in [1.165, 1.54) is 14.2 Å². The number of ketones is 1. The van der Waals surface area contributed by atoms with Crippen molar-refractivity contribution in [3.8, 4) is 5.75 Å². The molecule has 0 radical (unpaired) electrons. The van der Waals surface area contributed by atoms with Crippen LogP contribution in [0, 0.1) is 0 Å². The first kappa shape index (κ1) is 16.4. The van der Waals surface area contributed by atoms with E-state index in [9.17, 15) is 4.79 Å². The minimum atomic E-state index is -1.02. The Labute approximate surface area is 130 Å². The maximum atomic E-state index is 12.6. The van der Waals surface area contributed by atoms with E-state index in [0.717, 1.165) is 0 Å². The average Bonchev–Trinajstić information content (AvgIpc) is 2.60. The van der Waals surface area contributed by atoms with E-state index in [1.54, 1.807) is 56.7 Å². The number of ether oxygens (including phenoxy) is 4. The Morgan fingerprint density at radius 1 is 1.14 bits per heavy atom. The zero-order chi connectivity index (χ0) is 16.2. The van der Waals surface area contributed by atoms with Crippen LogP contribution in [0.25, 0.3) is 0 Å². The molecule has 5 heteroatoms. The van der Waals surface area contributed by atoms with Crippen molar-refractivity contribution in [2.45, 2.75) is 11.9 Å². The fourth-order valence-corrected chi connectivity index (χ4v) is 2.40. The lowest BCUT2D eigenvalue weighted by atomic mass is 9.93. The Hall–Kier alpha value is -1.95. The molecule has 1 aliphatic carbocycles. The van der Waals surface area contributed by atoms with Crippen LogP contribution in [0.15, 0.2) is 48.1 Å². The monoisotopic (exact) mass is 304 g/mol. The highest BCUT2D eigenvalue weighted by Gasteiger charge is 2.39. The van der Waals surface area contributed by atoms with Gasteiger partial charge in [-0.25, -0.2) is 0 Å². The van der Waals surface area contributed by atoms with Gasteiger partial charge in [0.2, 0.25) is 5.79 Å². The number of hydrogen-bond donors (Lipinski definition) is 0. The maximum Gasteiger partial charge on any atom is 0.218 e. The lowest BCUT2D eigenvalue weighted by Gasteiger charge is -2.35. The zero-order valence-electron chi connectivity index (χ0n) is 13.2. The van der Waals surface area contributed by atoms with E-state index < -0.39 is 11.9 Å². The minimum absolute atomic E-state index is 0.113. The molecule has 0 N–H and O–H groups in total. The molecule has 1 aromatic rings. The van der Waals surface area contributed by atoms with Crippen LogP contribution in [-0.4, -0.2) is 46.1 Å². The maximum absolute atomic E-state index is 12.6. The molecular weight excluding hydrogens is 284 g/mol. The van der Waals surface area contributed by atoms with Gasteiger partial charge in [0.15, 0.2) is 5.78 Å². The molecule has 118 valence electrons. The Bertz CT molecular complexity index is 599. The van der Waals surface area contributed by atoms with Crippen molar-refractivity contribution >= 4 is 5.78 Å². The molecular formula is C17H20O5. The Morgan fingerprint density at radius 2 is 1.86 bits per heavy atom. The highest BCUT2D eigenvalue weighted by molar-refractivity contribution is 6.11. The largest absolute Gasteiger partial charge is 0.497 e. The molecule has 0 saturated carbocycles. The zero-order valence-corrected chi connectivity index (χ0v) is 13.2. The van der Waals surface area contributed by atoms with Gasteiger partial charge in [-0.15, -0.1) is 0 Å². The number of allylic oxidation sites excluding steroid dienone is 2. The van der Waals surface area contributed by atoms with Crippen LogP contribution in [0.5, 0.6) is 5.75 Å². The first-order valence-electron chi connectivity index (χ1n) is 6.83. The van der Waals surface area contributed by atoms with E-state index in [2.05, 4.69) is 0 Å². The molecule has 1 atom stereocenters. The number of hydrogen-bond acceptors (Lipinski definition) is 5. The quantitative estimate of drug-likeness (QED) is 0.596. The van der Waals surface area contributed by atoms with E-state index in [1.807, 2.05) is 0 Å². The summed E-state index contributed by atoms with van der Waals surface area (Å²) < 4.78 is 21.3. The number of methoxy groups -OCH3 is 4. The second-order valence-corrected chi connectivity index (χ2v) is 4.80. The van der Waals surface area contributed by atoms with Crippen molar-refractivity contribution in [3.63, 3.8) is 0 Å². The van der Waals surface area contributed by atoms with E-state index >= 15 is 0 Å². The number of rotatable bonds is 6. The standard InChI is InChI=1S/C17H20O5/c1-19-14-7-5-6-12(10-14)16(18)13-8-9-17(21-3,22-4)15(11-13)20-2/h5-11,15H,1-4H3. The Balaban J connectivity index is 2.31. The van der Waals surface area contributed by atoms with Crippen molar-refractivity contribution in [2.75, 3.05) is 28.4 Å². The third kappa shape index (κ3) is 2.97. The van der Waals surface area contributed by atoms with Gasteiger partial charge in [0.25, 0.3) is 0 Å². The van der Waals surface area contributed by atoms with Gasteiger partial charge in [-0.1, -0.05) is 12.1 Å². The van der Waals surface area contributed by atoms with Crippen LogP contribution in [0.2, 0.25) is 0 Å². The van der Waals surface area contributed by atoms with Gasteiger partial charge in [0.05, 0.1) is 7.11 Å². The molecule has 0 aromatic heterocycles. The van der Waals surface area contributed by atoms with Crippen LogP contribution in [0.4, 0.5) is 0 Å². The van der Waals surface area contributed by atoms with Crippen molar-refractivity contribution in [2.24, 2.45) is 0 Å². The molecule has 0 saturated heterocycles. The number of carbonyl (C=O) groups is 1. The van der Waals surface area contributed by atoms with Crippen molar-refractivity contribution < 1.29 is 23.7 Å². The van der Waals surface area contributed by atoms with Crippen LogP contribution in [0.1, 0.15) is 10.4 Å². The summed E-state index contributed by atoms with van der Waals surface area (Å²) in [6, 6.07) is 7.02. The highest BCUT2D eigenvalue weighted by atomic mass is 16.7. The van der Waals surface area contributed by atoms with Gasteiger partial charge in [0.1, 0.15) is 11.9 Å². The lowest BCUT2D eigenvalue weighted by Crippen LogP contribution is -2.46. The first-order chi connectivity index (χ1) is 10.6. The van der Waals surface area contributed by atoms with Gasteiger partial charge in [0, 0.05) is 32.5 Å². The summed E-state index contributed by atoms with van der Waals surface area (Å²) in [7, 11) is 6.17. The van der Waals surface area contributed by atoms with Gasteiger partial charge >= 0.3 is 0 Å². The third-order valence-corrected chi connectivity index (χ3v) is 3.71. The lowest BCUT2D eigenvalue weighted by molar-refractivity contribution is -0.220. The van der Waals surface area contributed by atoms with Crippen LogP contribution >= 0.6 is 0 Å². The number of carbonyl (C=O) groups excluding carboxylic acids is 1. The molecule has 0 aliphatic heterocycles. The summed E-state index contributed by atoms with van der Waals surface area (Å²) in [6.07, 6.45) is 4.56. The molecule has 1 unspecified atom stereocenters. The summed E-state index contributed by atoms with van der Waals surface area (Å²) in [5, 5.41) is 0. The van der Waals surface area contributed by atoms with Crippen molar-refractivity contribution in [3.05, 3.63) is 53.6 Å². The molecule has 0 bridgehead atoms. The smallest absolute Gasteiger partial charge is 0.218 e. The average molecular weight is 304 g/mol. The predicted octanol–water partition coefficient (Wildman–Crippen LogP) is 2.38. The summed E-state index contributed by atoms with van der Waals surface area (Å²) >= 11 is 0. The fourth-order valence-electron chi connectivity index (χ4n) is 2.40. The van der Waals surface area contributed by atoms with Crippen LogP contribution in [0.3, 0.4) is 0 Å². The minimum Gasteiger partial charge on any atom is -0.497 e.